The fourth-order valence-electron chi connectivity index (χ4n) is 1.53. The van der Waals surface area contributed by atoms with E-state index in [4.69, 9.17) is 0 Å². The zero-order chi connectivity index (χ0) is 6.10. The third kappa shape index (κ3) is 0.846. The Labute approximate surface area is 56.4 Å². The van der Waals surface area contributed by atoms with E-state index in [1.165, 1.54) is 32.2 Å². The van der Waals surface area contributed by atoms with Crippen LogP contribution in [-0.2, 0) is 0 Å². The zero-order valence-corrected chi connectivity index (χ0v) is 5.71. The Morgan fingerprint density at radius 3 is 2.67 bits per heavy atom. The predicted octanol–water partition coefficient (Wildman–Crippen LogP) is 1.76. The van der Waals surface area contributed by atoms with E-state index in [2.05, 4.69) is 17.2 Å². The molecule has 2 rings (SSSR count). The van der Waals surface area contributed by atoms with Crippen molar-refractivity contribution in [3.05, 3.63) is 12.3 Å². The number of hydrogen-bond acceptors (Lipinski definition) is 1. The molecule has 0 unspecified atom stereocenters. The molecule has 1 nitrogen and oxygen atoms in total. The lowest BCUT2D eigenvalue weighted by atomic mass is 9.92. The quantitative estimate of drug-likeness (QED) is 0.513. The molecule has 2 aliphatic rings. The van der Waals surface area contributed by atoms with E-state index >= 15 is 0 Å². The molecular weight excluding hydrogens is 110 g/mol. The van der Waals surface area contributed by atoms with Crippen molar-refractivity contribution in [3.63, 3.8) is 0 Å². The minimum atomic E-state index is 0.920. The van der Waals surface area contributed by atoms with Crippen LogP contribution in [0.15, 0.2) is 12.3 Å². The molecule has 1 saturated carbocycles. The molecule has 0 aromatic carbocycles. The van der Waals surface area contributed by atoms with Gasteiger partial charge in [0.1, 0.15) is 0 Å². The van der Waals surface area contributed by atoms with Gasteiger partial charge in [-0.2, -0.15) is 0 Å². The molecule has 1 heteroatoms. The monoisotopic (exact) mass is 123 g/mol. The lowest BCUT2D eigenvalue weighted by Crippen LogP contribution is -2.34. The van der Waals surface area contributed by atoms with Crippen molar-refractivity contribution >= 4 is 0 Å². The molecule has 0 atom stereocenters. The van der Waals surface area contributed by atoms with Gasteiger partial charge in [0.05, 0.1) is 0 Å². The van der Waals surface area contributed by atoms with Crippen molar-refractivity contribution in [2.45, 2.75) is 31.7 Å². The van der Waals surface area contributed by atoms with Gasteiger partial charge in [0.15, 0.2) is 0 Å². The molecule has 1 heterocycles. The third-order valence-electron chi connectivity index (χ3n) is 2.39. The Morgan fingerprint density at radius 1 is 1.33 bits per heavy atom. The largest absolute Gasteiger partial charge is 0.374 e. The Bertz CT molecular complexity index is 125. The normalized spacial score (nSPS) is 26.9. The fourth-order valence-corrected chi connectivity index (χ4v) is 1.53. The van der Waals surface area contributed by atoms with Crippen molar-refractivity contribution in [3.8, 4) is 0 Å². The SMILES string of the molecule is C1=CN(C2CCC2)CC1. The van der Waals surface area contributed by atoms with Crippen LogP contribution in [0.5, 0.6) is 0 Å². The highest BCUT2D eigenvalue weighted by Crippen LogP contribution is 2.26. The van der Waals surface area contributed by atoms with Crippen molar-refractivity contribution in [1.82, 2.24) is 4.90 Å². The molecule has 1 fully saturated rings. The van der Waals surface area contributed by atoms with Crippen molar-refractivity contribution < 1.29 is 0 Å². The first-order chi connectivity index (χ1) is 4.47. The van der Waals surface area contributed by atoms with Crippen LogP contribution in [0.1, 0.15) is 25.7 Å². The van der Waals surface area contributed by atoms with Gasteiger partial charge < -0.3 is 4.90 Å². The topological polar surface area (TPSA) is 3.24 Å². The lowest BCUT2D eigenvalue weighted by molar-refractivity contribution is 0.197. The minimum Gasteiger partial charge on any atom is -0.374 e. The van der Waals surface area contributed by atoms with Gasteiger partial charge in [0, 0.05) is 12.6 Å². The molecule has 0 N–H and O–H groups in total. The Kier molecular flexibility index (Phi) is 1.22. The molecule has 0 radical (unpaired) electrons. The zero-order valence-electron chi connectivity index (χ0n) is 5.71. The maximum Gasteiger partial charge on any atom is 0.0284 e. The summed E-state index contributed by atoms with van der Waals surface area (Å²) in [5.41, 5.74) is 0. The summed E-state index contributed by atoms with van der Waals surface area (Å²) < 4.78 is 0. The highest BCUT2D eigenvalue weighted by molar-refractivity contribution is 4.96. The van der Waals surface area contributed by atoms with E-state index in [-0.39, 0.29) is 0 Å². The van der Waals surface area contributed by atoms with Crippen LogP contribution in [0.2, 0.25) is 0 Å². The Balaban J connectivity index is 1.89. The molecule has 0 bridgehead atoms. The molecule has 9 heavy (non-hydrogen) atoms. The number of nitrogens with zero attached hydrogens (tertiary/aromatic N) is 1. The molecule has 1 aliphatic heterocycles. The summed E-state index contributed by atoms with van der Waals surface area (Å²) in [5, 5.41) is 0. The molecule has 0 saturated heterocycles. The average Bonchev–Trinajstić information content (AvgIpc) is 2.11. The van der Waals surface area contributed by atoms with Gasteiger partial charge >= 0.3 is 0 Å². The number of rotatable bonds is 1. The summed E-state index contributed by atoms with van der Waals surface area (Å²) in [7, 11) is 0. The van der Waals surface area contributed by atoms with Gasteiger partial charge in [-0.15, -0.1) is 0 Å². The smallest absolute Gasteiger partial charge is 0.0284 e. The van der Waals surface area contributed by atoms with Gasteiger partial charge in [0.2, 0.25) is 0 Å². The van der Waals surface area contributed by atoms with Crippen LogP contribution in [0, 0.1) is 0 Å². The van der Waals surface area contributed by atoms with Gasteiger partial charge in [-0.05, 0) is 31.9 Å². The fraction of sp³-hybridized carbons (Fsp3) is 0.750. The van der Waals surface area contributed by atoms with E-state index in [0.717, 1.165) is 6.04 Å². The van der Waals surface area contributed by atoms with E-state index in [9.17, 15) is 0 Å². The summed E-state index contributed by atoms with van der Waals surface area (Å²) in [4.78, 5) is 2.49. The maximum atomic E-state index is 2.49. The summed E-state index contributed by atoms with van der Waals surface area (Å²) in [6.07, 6.45) is 10.1. The van der Waals surface area contributed by atoms with Crippen LogP contribution in [0.3, 0.4) is 0 Å². The van der Waals surface area contributed by atoms with Crippen molar-refractivity contribution in [2.24, 2.45) is 0 Å². The molecule has 0 amide bonds. The Hall–Kier alpha value is -0.460. The van der Waals surface area contributed by atoms with Crippen LogP contribution in [-0.4, -0.2) is 17.5 Å². The molecule has 0 spiro atoms. The lowest BCUT2D eigenvalue weighted by Gasteiger charge is -2.34. The van der Waals surface area contributed by atoms with Gasteiger partial charge in [-0.25, -0.2) is 0 Å². The third-order valence-corrected chi connectivity index (χ3v) is 2.39. The van der Waals surface area contributed by atoms with Gasteiger partial charge in [0.25, 0.3) is 0 Å². The Morgan fingerprint density at radius 2 is 2.22 bits per heavy atom. The summed E-state index contributed by atoms with van der Waals surface area (Å²) >= 11 is 0. The summed E-state index contributed by atoms with van der Waals surface area (Å²) in [6, 6.07) is 0.920. The summed E-state index contributed by atoms with van der Waals surface area (Å²) in [6.45, 7) is 1.28. The highest BCUT2D eigenvalue weighted by Gasteiger charge is 2.23. The van der Waals surface area contributed by atoms with Crippen molar-refractivity contribution in [2.75, 3.05) is 6.54 Å². The molecule has 0 aromatic rings. The van der Waals surface area contributed by atoms with Crippen LogP contribution < -0.4 is 0 Å². The van der Waals surface area contributed by atoms with Crippen LogP contribution >= 0.6 is 0 Å². The first-order valence-corrected chi connectivity index (χ1v) is 3.89. The van der Waals surface area contributed by atoms with Gasteiger partial charge in [-0.1, -0.05) is 6.08 Å². The van der Waals surface area contributed by atoms with E-state index in [1.54, 1.807) is 0 Å². The minimum absolute atomic E-state index is 0.920. The molecular formula is C8H13N. The molecule has 1 aliphatic carbocycles. The van der Waals surface area contributed by atoms with Gasteiger partial charge in [-0.3, -0.25) is 0 Å². The number of hydrogen-bond donors (Lipinski definition) is 0. The summed E-state index contributed by atoms with van der Waals surface area (Å²) in [5.74, 6) is 0. The first kappa shape index (κ1) is 5.33. The molecule has 0 aromatic heterocycles. The van der Waals surface area contributed by atoms with E-state index in [1.807, 2.05) is 0 Å². The van der Waals surface area contributed by atoms with E-state index < -0.39 is 0 Å². The standard InChI is InChI=1S/C8H13N/c1-2-7-9(6-1)8-4-3-5-8/h1,6,8H,2-5,7H2. The highest BCUT2D eigenvalue weighted by atomic mass is 15.2. The second kappa shape index (κ2) is 2.05. The van der Waals surface area contributed by atoms with Crippen LogP contribution in [0.4, 0.5) is 0 Å². The second-order valence-corrected chi connectivity index (χ2v) is 3.00. The second-order valence-electron chi connectivity index (χ2n) is 3.00. The predicted molar refractivity (Wildman–Crippen MR) is 38.1 cm³/mol. The van der Waals surface area contributed by atoms with Crippen LogP contribution in [0.25, 0.3) is 0 Å². The van der Waals surface area contributed by atoms with E-state index in [0.29, 0.717) is 0 Å². The average molecular weight is 123 g/mol. The van der Waals surface area contributed by atoms with Crippen molar-refractivity contribution in [1.29, 1.82) is 0 Å². The molecule has 50 valence electrons. The first-order valence-electron chi connectivity index (χ1n) is 3.89. The maximum absolute atomic E-state index is 2.49.